The van der Waals surface area contributed by atoms with Gasteiger partial charge in [-0.1, -0.05) is 18.2 Å². The molecule has 0 unspecified atom stereocenters. The summed E-state index contributed by atoms with van der Waals surface area (Å²) in [5.74, 6) is 0.858. The number of hydrogen-bond donors (Lipinski definition) is 1. The second kappa shape index (κ2) is 7.32. The minimum atomic E-state index is -0.362. The van der Waals surface area contributed by atoms with E-state index in [1.807, 2.05) is 24.3 Å². The van der Waals surface area contributed by atoms with E-state index in [0.717, 1.165) is 24.8 Å². The minimum absolute atomic E-state index is 0.0818. The molecule has 3 rings (SSSR count). The summed E-state index contributed by atoms with van der Waals surface area (Å²) >= 11 is 0. The fourth-order valence-corrected chi connectivity index (χ4v) is 3.81. The molecule has 0 aliphatic carbocycles. The third kappa shape index (κ3) is 3.51. The van der Waals surface area contributed by atoms with Gasteiger partial charge in [0, 0.05) is 12.5 Å². The minimum Gasteiger partial charge on any atom is -0.482 e. The van der Waals surface area contributed by atoms with Gasteiger partial charge in [0.05, 0.1) is 18.8 Å². The van der Waals surface area contributed by atoms with Gasteiger partial charge in [-0.15, -0.1) is 0 Å². The summed E-state index contributed by atoms with van der Waals surface area (Å²) in [7, 11) is 0. The van der Waals surface area contributed by atoms with E-state index in [4.69, 9.17) is 14.2 Å². The van der Waals surface area contributed by atoms with Crippen LogP contribution in [0.2, 0.25) is 0 Å². The molecule has 2 bridgehead atoms. The van der Waals surface area contributed by atoms with E-state index >= 15 is 0 Å². The number of aliphatic hydroxyl groups excluding tert-OH is 1. The van der Waals surface area contributed by atoms with Gasteiger partial charge in [0.2, 0.25) is 0 Å². The monoisotopic (exact) mass is 320 g/mol. The zero-order valence-corrected chi connectivity index (χ0v) is 13.4. The highest BCUT2D eigenvalue weighted by molar-refractivity contribution is 5.71. The number of carbonyl (C=O) groups is 1. The zero-order chi connectivity index (χ0) is 16.2. The fraction of sp³-hybridized carbons (Fsp3) is 0.611. The molecule has 2 aliphatic heterocycles. The van der Waals surface area contributed by atoms with Crippen molar-refractivity contribution in [3.63, 3.8) is 0 Å². The Morgan fingerprint density at radius 3 is 2.74 bits per heavy atom. The van der Waals surface area contributed by atoms with Gasteiger partial charge in [-0.05, 0) is 43.7 Å². The van der Waals surface area contributed by atoms with Crippen LogP contribution in [0.25, 0.3) is 0 Å². The largest absolute Gasteiger partial charge is 0.482 e. The van der Waals surface area contributed by atoms with Crippen LogP contribution in [0.5, 0.6) is 5.75 Å². The van der Waals surface area contributed by atoms with Crippen molar-refractivity contribution < 1.29 is 24.1 Å². The molecule has 1 aromatic rings. The molecule has 0 radical (unpaired) electrons. The topological polar surface area (TPSA) is 65.0 Å². The molecule has 2 fully saturated rings. The normalized spacial score (nSPS) is 28.8. The van der Waals surface area contributed by atoms with E-state index in [2.05, 4.69) is 0 Å². The Morgan fingerprint density at radius 2 is 2.00 bits per heavy atom. The number of aliphatic hydroxyl groups is 1. The first kappa shape index (κ1) is 16.3. The molecular formula is C18H24O5. The van der Waals surface area contributed by atoms with Gasteiger partial charge >= 0.3 is 5.97 Å². The first-order chi connectivity index (χ1) is 11.2. The first-order valence-electron chi connectivity index (χ1n) is 8.35. The molecule has 2 aliphatic rings. The van der Waals surface area contributed by atoms with E-state index in [0.29, 0.717) is 18.3 Å². The quantitative estimate of drug-likeness (QED) is 0.778. The van der Waals surface area contributed by atoms with E-state index in [9.17, 15) is 9.90 Å². The summed E-state index contributed by atoms with van der Waals surface area (Å²) in [6.07, 6.45) is 3.34. The van der Waals surface area contributed by atoms with E-state index in [1.165, 1.54) is 0 Å². The molecule has 2 saturated heterocycles. The van der Waals surface area contributed by atoms with Crippen molar-refractivity contribution in [3.8, 4) is 5.75 Å². The van der Waals surface area contributed by atoms with Gasteiger partial charge in [0.15, 0.2) is 6.61 Å². The maximum absolute atomic E-state index is 11.5. The lowest BCUT2D eigenvalue weighted by atomic mass is 9.76. The number of ether oxygens (including phenoxy) is 3. The summed E-state index contributed by atoms with van der Waals surface area (Å²) in [4.78, 5) is 11.5. The maximum Gasteiger partial charge on any atom is 0.344 e. The molecule has 5 heteroatoms. The van der Waals surface area contributed by atoms with Crippen molar-refractivity contribution >= 4 is 5.97 Å². The third-order valence-electron chi connectivity index (χ3n) is 4.88. The van der Waals surface area contributed by atoms with Gasteiger partial charge in [-0.2, -0.15) is 0 Å². The molecule has 5 nitrogen and oxygen atoms in total. The Hall–Kier alpha value is -1.59. The van der Waals surface area contributed by atoms with Crippen LogP contribution in [-0.2, 0) is 20.7 Å². The van der Waals surface area contributed by atoms with E-state index in [1.54, 1.807) is 6.92 Å². The molecule has 23 heavy (non-hydrogen) atoms. The number of benzene rings is 1. The van der Waals surface area contributed by atoms with Gasteiger partial charge in [0.1, 0.15) is 5.75 Å². The average Bonchev–Trinajstić information content (AvgIpc) is 3.15. The van der Waals surface area contributed by atoms with Crippen LogP contribution in [0, 0.1) is 11.8 Å². The van der Waals surface area contributed by atoms with Crippen molar-refractivity contribution in [1.29, 1.82) is 0 Å². The van der Waals surface area contributed by atoms with E-state index in [-0.39, 0.29) is 37.3 Å². The third-order valence-corrected chi connectivity index (χ3v) is 4.88. The number of carbonyl (C=O) groups excluding carboxylic acids is 1. The second-order valence-corrected chi connectivity index (χ2v) is 6.21. The van der Waals surface area contributed by atoms with Crippen LogP contribution in [-0.4, -0.2) is 43.1 Å². The van der Waals surface area contributed by atoms with Crippen LogP contribution in [0.1, 0.15) is 25.3 Å². The predicted molar refractivity (Wildman–Crippen MR) is 84.2 cm³/mol. The maximum atomic E-state index is 11.5. The molecule has 0 saturated carbocycles. The lowest BCUT2D eigenvalue weighted by Gasteiger charge is -2.27. The number of para-hydroxylation sites is 1. The van der Waals surface area contributed by atoms with E-state index < -0.39 is 0 Å². The van der Waals surface area contributed by atoms with Crippen LogP contribution in [0.15, 0.2) is 24.3 Å². The second-order valence-electron chi connectivity index (χ2n) is 6.21. The first-order valence-corrected chi connectivity index (χ1v) is 8.35. The molecule has 0 spiro atoms. The van der Waals surface area contributed by atoms with Crippen molar-refractivity contribution in [2.24, 2.45) is 11.8 Å². The van der Waals surface area contributed by atoms with Crippen LogP contribution in [0.3, 0.4) is 0 Å². The molecule has 0 amide bonds. The number of fused-ring (bicyclic) bond motifs is 2. The van der Waals surface area contributed by atoms with Crippen molar-refractivity contribution in [3.05, 3.63) is 29.8 Å². The molecular weight excluding hydrogens is 296 g/mol. The molecule has 1 N–H and O–H groups in total. The molecule has 1 aromatic carbocycles. The Kier molecular flexibility index (Phi) is 5.18. The van der Waals surface area contributed by atoms with Crippen LogP contribution >= 0.6 is 0 Å². The summed E-state index contributed by atoms with van der Waals surface area (Å²) < 4.78 is 16.5. The van der Waals surface area contributed by atoms with Gasteiger partial charge in [0.25, 0.3) is 0 Å². The highest BCUT2D eigenvalue weighted by atomic mass is 16.6. The lowest BCUT2D eigenvalue weighted by Crippen LogP contribution is -2.31. The fourth-order valence-electron chi connectivity index (χ4n) is 3.81. The van der Waals surface area contributed by atoms with Crippen molar-refractivity contribution in [2.45, 2.75) is 38.4 Å². The van der Waals surface area contributed by atoms with Crippen LogP contribution in [0.4, 0.5) is 0 Å². The van der Waals surface area contributed by atoms with Gasteiger partial charge in [-0.25, -0.2) is 4.79 Å². The summed E-state index contributed by atoms with van der Waals surface area (Å²) in [6.45, 7) is 2.21. The van der Waals surface area contributed by atoms with Gasteiger partial charge in [-0.3, -0.25) is 0 Å². The summed E-state index contributed by atoms with van der Waals surface area (Å²) in [6, 6.07) is 7.75. The molecule has 4 atom stereocenters. The molecule has 2 heterocycles. The van der Waals surface area contributed by atoms with Crippen molar-refractivity contribution in [2.75, 3.05) is 19.8 Å². The lowest BCUT2D eigenvalue weighted by molar-refractivity contribution is -0.145. The SMILES string of the molecule is CCOC(=O)COc1ccccc1C[C@H]1[C@@H](CO)[C@H]2CC[C@H]1O2. The highest BCUT2D eigenvalue weighted by Gasteiger charge is 2.48. The number of hydrogen-bond acceptors (Lipinski definition) is 5. The van der Waals surface area contributed by atoms with Crippen molar-refractivity contribution in [1.82, 2.24) is 0 Å². The standard InChI is InChI=1S/C18H24O5/c1-2-21-18(20)11-22-15-6-4-3-5-12(15)9-13-14(10-19)17-8-7-16(13)23-17/h3-6,13-14,16-17,19H,2,7-11H2,1H3/t13-,14+,16+,17+/m0/s1. The summed E-state index contributed by atoms with van der Waals surface area (Å²) in [5.41, 5.74) is 1.05. The Labute approximate surface area is 136 Å². The summed E-state index contributed by atoms with van der Waals surface area (Å²) in [5, 5.41) is 9.67. The highest BCUT2D eigenvalue weighted by Crippen LogP contribution is 2.45. The average molecular weight is 320 g/mol. The molecule has 126 valence electrons. The number of esters is 1. The Bertz CT molecular complexity index is 544. The zero-order valence-electron chi connectivity index (χ0n) is 13.4. The van der Waals surface area contributed by atoms with Gasteiger partial charge < -0.3 is 19.3 Å². The molecule has 0 aromatic heterocycles. The van der Waals surface area contributed by atoms with Crippen LogP contribution < -0.4 is 4.74 Å². The smallest absolute Gasteiger partial charge is 0.344 e. The predicted octanol–water partition coefficient (Wildman–Crippen LogP) is 1.96. The Balaban J connectivity index is 1.67. The number of rotatable bonds is 7. The Morgan fingerprint density at radius 1 is 1.26 bits per heavy atom.